The van der Waals surface area contributed by atoms with Gasteiger partial charge in [-0.2, -0.15) is 0 Å². The molecule has 8 N–H and O–H groups in total. The van der Waals surface area contributed by atoms with Crippen molar-refractivity contribution in [3.63, 3.8) is 0 Å². The highest BCUT2D eigenvalue weighted by Gasteiger charge is 2.58. The van der Waals surface area contributed by atoms with Crippen LogP contribution >= 0.6 is 0 Å². The molecular formula is C12H22O11. The Morgan fingerprint density at radius 2 is 1.39 bits per heavy atom. The molecule has 2 aliphatic rings. The number of aliphatic hydroxyl groups excluding tert-OH is 8. The fourth-order valence-corrected chi connectivity index (χ4v) is 2.63. The Kier molecular flexibility index (Phi) is 5.92. The number of rotatable bonds is 5. The van der Waals surface area contributed by atoms with Crippen molar-refractivity contribution in [1.29, 1.82) is 0 Å². The first-order valence-electron chi connectivity index (χ1n) is 7.05. The molecular weight excluding hydrogens is 320 g/mol. The molecule has 136 valence electrons. The van der Waals surface area contributed by atoms with Crippen LogP contribution < -0.4 is 0 Å². The molecule has 0 aromatic rings. The quantitative estimate of drug-likeness (QED) is 0.238. The minimum Gasteiger partial charge on any atom is -0.394 e. The van der Waals surface area contributed by atoms with Crippen LogP contribution in [0.4, 0.5) is 0 Å². The lowest BCUT2D eigenvalue weighted by molar-refractivity contribution is -0.383. The molecule has 0 spiro atoms. The maximum absolute atomic E-state index is 10.00. The summed E-state index contributed by atoms with van der Waals surface area (Å²) in [6.45, 7) is -2.32. The van der Waals surface area contributed by atoms with E-state index < -0.39 is 74.6 Å². The molecule has 0 saturated carbocycles. The van der Waals surface area contributed by atoms with Crippen molar-refractivity contribution in [1.82, 2.24) is 0 Å². The summed E-state index contributed by atoms with van der Waals surface area (Å²) >= 11 is 0. The molecule has 2 heterocycles. The maximum Gasteiger partial charge on any atom is 0.224 e. The first kappa shape index (κ1) is 18.9. The monoisotopic (exact) mass is 342 g/mol. The van der Waals surface area contributed by atoms with E-state index in [0.717, 1.165) is 0 Å². The molecule has 2 saturated heterocycles. The van der Waals surface area contributed by atoms with Crippen LogP contribution in [-0.4, -0.2) is 115 Å². The van der Waals surface area contributed by atoms with Gasteiger partial charge in [0.1, 0.15) is 49.3 Å². The molecule has 0 aliphatic carbocycles. The molecule has 11 heteroatoms. The molecule has 0 unspecified atom stereocenters. The van der Waals surface area contributed by atoms with Crippen LogP contribution in [0.2, 0.25) is 0 Å². The Bertz CT molecular complexity index is 393. The lowest BCUT2D eigenvalue weighted by Crippen LogP contribution is -2.62. The second-order valence-electron chi connectivity index (χ2n) is 5.56. The zero-order chi connectivity index (χ0) is 17.4. The van der Waals surface area contributed by atoms with E-state index in [0.29, 0.717) is 0 Å². The second kappa shape index (κ2) is 7.21. The zero-order valence-electron chi connectivity index (χ0n) is 12.0. The Labute approximate surface area is 130 Å². The van der Waals surface area contributed by atoms with E-state index >= 15 is 0 Å². The molecule has 2 rings (SSSR count). The van der Waals surface area contributed by atoms with Crippen LogP contribution in [0.1, 0.15) is 0 Å². The van der Waals surface area contributed by atoms with E-state index in [9.17, 15) is 30.6 Å². The lowest BCUT2D eigenvalue weighted by atomic mass is 9.99. The van der Waals surface area contributed by atoms with Crippen molar-refractivity contribution in [3.8, 4) is 0 Å². The first-order chi connectivity index (χ1) is 10.8. The largest absolute Gasteiger partial charge is 0.394 e. The van der Waals surface area contributed by atoms with E-state index in [-0.39, 0.29) is 0 Å². The number of aliphatic hydroxyl groups is 8. The van der Waals surface area contributed by atoms with Gasteiger partial charge in [0.15, 0.2) is 6.29 Å². The van der Waals surface area contributed by atoms with Gasteiger partial charge in [0, 0.05) is 0 Å². The summed E-state index contributed by atoms with van der Waals surface area (Å²) in [5.41, 5.74) is 0. The van der Waals surface area contributed by atoms with Gasteiger partial charge in [0.25, 0.3) is 0 Å². The summed E-state index contributed by atoms with van der Waals surface area (Å²) in [5.74, 6) is -2.22. The minimum absolute atomic E-state index is 0.669. The van der Waals surface area contributed by atoms with Gasteiger partial charge in [-0.3, -0.25) is 0 Å². The number of hydrogen-bond acceptors (Lipinski definition) is 11. The average Bonchev–Trinajstić information content (AvgIpc) is 2.80. The van der Waals surface area contributed by atoms with Gasteiger partial charge in [-0.15, -0.1) is 0 Å². The van der Waals surface area contributed by atoms with Crippen molar-refractivity contribution < 1.29 is 55.1 Å². The summed E-state index contributed by atoms with van der Waals surface area (Å²) in [5, 5.41) is 76.7. The van der Waals surface area contributed by atoms with E-state index in [2.05, 4.69) is 0 Å². The topological polar surface area (TPSA) is 190 Å². The molecule has 23 heavy (non-hydrogen) atoms. The van der Waals surface area contributed by atoms with E-state index in [4.69, 9.17) is 24.4 Å². The SMILES string of the molecule is OC[C@@H]1O[C@@](CO)(O[C@@H]2O[C@@H](CO)[C@@H](O)[C@@H](O)[C@@H]2O)[C@@H](O)[C@@H]1O. The van der Waals surface area contributed by atoms with Crippen molar-refractivity contribution in [2.45, 2.75) is 54.8 Å². The van der Waals surface area contributed by atoms with Crippen molar-refractivity contribution in [2.24, 2.45) is 0 Å². The Balaban J connectivity index is 2.18. The average molecular weight is 342 g/mol. The van der Waals surface area contributed by atoms with Gasteiger partial charge in [0.2, 0.25) is 5.79 Å². The van der Waals surface area contributed by atoms with Gasteiger partial charge < -0.3 is 55.1 Å². The normalized spacial score (nSPS) is 51.1. The van der Waals surface area contributed by atoms with Gasteiger partial charge in [-0.1, -0.05) is 0 Å². The highest BCUT2D eigenvalue weighted by Crippen LogP contribution is 2.35. The first-order valence-corrected chi connectivity index (χ1v) is 7.05. The van der Waals surface area contributed by atoms with Gasteiger partial charge in [-0.05, 0) is 0 Å². The summed E-state index contributed by atoms with van der Waals surface area (Å²) in [4.78, 5) is 0. The van der Waals surface area contributed by atoms with Crippen LogP contribution in [0, 0.1) is 0 Å². The third-order valence-electron chi connectivity index (χ3n) is 4.07. The molecule has 0 bridgehead atoms. The molecule has 0 radical (unpaired) electrons. The molecule has 0 aromatic carbocycles. The predicted molar refractivity (Wildman–Crippen MR) is 68.6 cm³/mol. The van der Waals surface area contributed by atoms with Gasteiger partial charge in [-0.25, -0.2) is 0 Å². The van der Waals surface area contributed by atoms with Crippen LogP contribution in [0.5, 0.6) is 0 Å². The Morgan fingerprint density at radius 3 is 1.87 bits per heavy atom. The van der Waals surface area contributed by atoms with Gasteiger partial charge >= 0.3 is 0 Å². The van der Waals surface area contributed by atoms with Crippen LogP contribution in [0.3, 0.4) is 0 Å². The number of hydrogen-bond donors (Lipinski definition) is 8. The van der Waals surface area contributed by atoms with Crippen molar-refractivity contribution in [3.05, 3.63) is 0 Å². The smallest absolute Gasteiger partial charge is 0.224 e. The van der Waals surface area contributed by atoms with Crippen LogP contribution in [0.25, 0.3) is 0 Å². The Hall–Kier alpha value is -0.440. The highest BCUT2D eigenvalue weighted by molar-refractivity contribution is 4.98. The summed E-state index contributed by atoms with van der Waals surface area (Å²) in [7, 11) is 0. The maximum atomic E-state index is 10.00. The molecule has 0 amide bonds. The number of ether oxygens (including phenoxy) is 3. The van der Waals surface area contributed by atoms with E-state index in [1.807, 2.05) is 0 Å². The summed E-state index contributed by atoms with van der Waals surface area (Å²) in [6.07, 6.45) is -12.7. The molecule has 2 aliphatic heterocycles. The van der Waals surface area contributed by atoms with E-state index in [1.165, 1.54) is 0 Å². The third-order valence-corrected chi connectivity index (χ3v) is 4.07. The molecule has 9 atom stereocenters. The fraction of sp³-hybridized carbons (Fsp3) is 1.00. The lowest BCUT2D eigenvalue weighted by Gasteiger charge is -2.43. The molecule has 11 nitrogen and oxygen atoms in total. The van der Waals surface area contributed by atoms with Crippen molar-refractivity contribution in [2.75, 3.05) is 19.8 Å². The minimum atomic E-state index is -2.22. The van der Waals surface area contributed by atoms with Crippen LogP contribution in [0.15, 0.2) is 0 Å². The standard InChI is InChI=1S/C12H22O11/c13-1-4-6(16)8(18)9(19)11(21-4)23-12(3-15)10(20)7(17)5(2-14)22-12/h4-11,13-20H,1-3H2/t4-,5-,6+,7+,8+,9-,10-,11-,12-/m0/s1. The summed E-state index contributed by atoms with van der Waals surface area (Å²) < 4.78 is 15.4. The van der Waals surface area contributed by atoms with Crippen LogP contribution in [-0.2, 0) is 14.2 Å². The Morgan fingerprint density at radius 1 is 0.783 bits per heavy atom. The zero-order valence-corrected chi connectivity index (χ0v) is 12.0. The fourth-order valence-electron chi connectivity index (χ4n) is 2.63. The highest BCUT2D eigenvalue weighted by atomic mass is 16.8. The van der Waals surface area contributed by atoms with Gasteiger partial charge in [0.05, 0.1) is 13.2 Å². The third kappa shape index (κ3) is 3.23. The van der Waals surface area contributed by atoms with E-state index in [1.54, 1.807) is 0 Å². The molecule has 0 aromatic heterocycles. The second-order valence-corrected chi connectivity index (χ2v) is 5.56. The van der Waals surface area contributed by atoms with Crippen molar-refractivity contribution >= 4 is 0 Å². The predicted octanol–water partition coefficient (Wildman–Crippen LogP) is -5.40. The summed E-state index contributed by atoms with van der Waals surface area (Å²) in [6, 6.07) is 0. The molecule has 2 fully saturated rings.